The van der Waals surface area contributed by atoms with E-state index in [2.05, 4.69) is 30.5 Å². The molecule has 2 aromatic carbocycles. The van der Waals surface area contributed by atoms with Crippen molar-refractivity contribution in [3.05, 3.63) is 59.2 Å². The zero-order chi connectivity index (χ0) is 19.2. The lowest BCUT2D eigenvalue weighted by molar-refractivity contribution is 0.0321. The summed E-state index contributed by atoms with van der Waals surface area (Å²) >= 11 is 0. The molecule has 0 bridgehead atoms. The molecule has 5 nitrogen and oxygen atoms in total. The monoisotopic (exact) mass is 368 g/mol. The largest absolute Gasteiger partial charge is 0.389 e. The molecule has 144 valence electrons. The van der Waals surface area contributed by atoms with Gasteiger partial charge in [0.25, 0.3) is 5.91 Å². The smallest absolute Gasteiger partial charge is 0.253 e. The van der Waals surface area contributed by atoms with Crippen LogP contribution in [0.3, 0.4) is 0 Å². The van der Waals surface area contributed by atoms with E-state index >= 15 is 0 Å². The Morgan fingerprint density at radius 1 is 1.15 bits per heavy atom. The normalized spacial score (nSPS) is 14.6. The van der Waals surface area contributed by atoms with E-state index in [0.29, 0.717) is 18.1 Å². The lowest BCUT2D eigenvalue weighted by Crippen LogP contribution is -2.35. The second kappa shape index (κ2) is 9.02. The van der Waals surface area contributed by atoms with Crippen LogP contribution < -0.4 is 10.6 Å². The molecule has 27 heavy (non-hydrogen) atoms. The number of anilines is 2. The van der Waals surface area contributed by atoms with E-state index in [9.17, 15) is 9.90 Å². The number of hydrogen-bond acceptors (Lipinski definition) is 4. The molecule has 1 aliphatic carbocycles. The minimum Gasteiger partial charge on any atom is -0.389 e. The number of benzene rings is 2. The van der Waals surface area contributed by atoms with Crippen molar-refractivity contribution in [2.24, 2.45) is 5.92 Å². The number of para-hydroxylation sites is 1. The summed E-state index contributed by atoms with van der Waals surface area (Å²) in [6, 6.07) is 13.4. The van der Waals surface area contributed by atoms with E-state index < -0.39 is 6.10 Å². The van der Waals surface area contributed by atoms with Gasteiger partial charge in [0.05, 0.1) is 24.0 Å². The van der Waals surface area contributed by atoms with Crippen molar-refractivity contribution in [2.75, 3.05) is 25.1 Å². The van der Waals surface area contributed by atoms with Gasteiger partial charge in [-0.05, 0) is 61.9 Å². The Hall–Kier alpha value is -2.37. The Kier molecular flexibility index (Phi) is 6.48. The van der Waals surface area contributed by atoms with Crippen molar-refractivity contribution in [2.45, 2.75) is 32.8 Å². The Bertz CT molecular complexity index is 787. The summed E-state index contributed by atoms with van der Waals surface area (Å²) in [5.41, 5.74) is 4.60. The lowest BCUT2D eigenvalue weighted by atomic mass is 10.1. The summed E-state index contributed by atoms with van der Waals surface area (Å²) in [6.45, 7) is 5.23. The van der Waals surface area contributed by atoms with Gasteiger partial charge in [0, 0.05) is 18.8 Å². The average Bonchev–Trinajstić information content (AvgIpc) is 3.48. The predicted molar refractivity (Wildman–Crippen MR) is 108 cm³/mol. The zero-order valence-electron chi connectivity index (χ0n) is 16.0. The fourth-order valence-electron chi connectivity index (χ4n) is 2.84. The standard InChI is InChI=1S/C22H28N2O3/c1-15-6-5-9-20(16(15)2)24-21-8-4-3-7-19(21)22(26)23-12-18(25)14-27-13-17-10-11-17/h3-9,17-18,24-25H,10-14H2,1-2H3,(H,23,26). The summed E-state index contributed by atoms with van der Waals surface area (Å²) < 4.78 is 5.47. The van der Waals surface area contributed by atoms with Crippen LogP contribution in [0, 0.1) is 19.8 Å². The van der Waals surface area contributed by atoms with Gasteiger partial charge < -0.3 is 20.5 Å². The quantitative estimate of drug-likeness (QED) is 0.633. The van der Waals surface area contributed by atoms with E-state index in [1.807, 2.05) is 30.3 Å². The highest BCUT2D eigenvalue weighted by Crippen LogP contribution is 2.28. The van der Waals surface area contributed by atoms with Crippen LogP contribution in [0.2, 0.25) is 0 Å². The number of amides is 1. The minimum absolute atomic E-state index is 0.168. The van der Waals surface area contributed by atoms with Crippen molar-refractivity contribution in [1.82, 2.24) is 5.32 Å². The van der Waals surface area contributed by atoms with Crippen LogP contribution in [0.15, 0.2) is 42.5 Å². The lowest BCUT2D eigenvalue weighted by Gasteiger charge is -2.16. The number of carbonyl (C=O) groups is 1. The topological polar surface area (TPSA) is 70.6 Å². The van der Waals surface area contributed by atoms with E-state index in [0.717, 1.165) is 16.9 Å². The average molecular weight is 368 g/mol. The maximum absolute atomic E-state index is 12.6. The first-order chi connectivity index (χ1) is 13.0. The van der Waals surface area contributed by atoms with Crippen molar-refractivity contribution in [1.29, 1.82) is 0 Å². The van der Waals surface area contributed by atoms with Crippen molar-refractivity contribution in [3.8, 4) is 0 Å². The van der Waals surface area contributed by atoms with Crippen molar-refractivity contribution >= 4 is 17.3 Å². The number of carbonyl (C=O) groups excluding carboxylic acids is 1. The molecule has 0 aliphatic heterocycles. The van der Waals surface area contributed by atoms with Gasteiger partial charge in [0.15, 0.2) is 0 Å². The van der Waals surface area contributed by atoms with Crippen LogP contribution in [0.1, 0.15) is 34.3 Å². The number of aliphatic hydroxyl groups excluding tert-OH is 1. The molecule has 3 N–H and O–H groups in total. The van der Waals surface area contributed by atoms with Gasteiger partial charge in [-0.1, -0.05) is 24.3 Å². The SMILES string of the molecule is Cc1cccc(Nc2ccccc2C(=O)NCC(O)COCC2CC2)c1C. The molecule has 0 spiro atoms. The van der Waals surface area contributed by atoms with Crippen molar-refractivity contribution < 1.29 is 14.6 Å². The molecule has 1 aliphatic rings. The first-order valence-electron chi connectivity index (χ1n) is 9.51. The molecule has 2 aromatic rings. The molecule has 1 saturated carbocycles. The molecule has 5 heteroatoms. The predicted octanol–water partition coefficient (Wildman–Crippen LogP) is 3.56. The Morgan fingerprint density at radius 3 is 2.67 bits per heavy atom. The highest BCUT2D eigenvalue weighted by molar-refractivity contribution is 6.00. The number of aliphatic hydroxyl groups is 1. The van der Waals surface area contributed by atoms with Crippen LogP contribution in [-0.4, -0.2) is 36.9 Å². The van der Waals surface area contributed by atoms with E-state index in [4.69, 9.17) is 4.74 Å². The highest BCUT2D eigenvalue weighted by Gasteiger charge is 2.21. The Labute approximate surface area is 160 Å². The molecule has 0 saturated heterocycles. The minimum atomic E-state index is -0.702. The maximum atomic E-state index is 12.6. The molecule has 0 aromatic heterocycles. The molecule has 1 unspecified atom stereocenters. The van der Waals surface area contributed by atoms with Gasteiger partial charge in [-0.25, -0.2) is 0 Å². The molecular formula is C22H28N2O3. The first-order valence-corrected chi connectivity index (χ1v) is 9.51. The summed E-state index contributed by atoms with van der Waals surface area (Å²) in [7, 11) is 0. The van der Waals surface area contributed by atoms with Gasteiger partial charge in [-0.3, -0.25) is 4.79 Å². The third kappa shape index (κ3) is 5.55. The van der Waals surface area contributed by atoms with Gasteiger partial charge in [0.2, 0.25) is 0 Å². The van der Waals surface area contributed by atoms with Crippen molar-refractivity contribution in [3.63, 3.8) is 0 Å². The van der Waals surface area contributed by atoms with E-state index in [-0.39, 0.29) is 19.1 Å². The second-order valence-electron chi connectivity index (χ2n) is 7.26. The molecule has 0 heterocycles. The van der Waals surface area contributed by atoms with E-state index in [1.165, 1.54) is 18.4 Å². The van der Waals surface area contributed by atoms with Gasteiger partial charge in [0.1, 0.15) is 0 Å². The van der Waals surface area contributed by atoms with Crippen LogP contribution in [0.5, 0.6) is 0 Å². The third-order valence-electron chi connectivity index (χ3n) is 4.90. The molecular weight excluding hydrogens is 340 g/mol. The van der Waals surface area contributed by atoms with Gasteiger partial charge in [-0.2, -0.15) is 0 Å². The number of aryl methyl sites for hydroxylation is 1. The first kappa shape index (κ1) is 19.4. The second-order valence-corrected chi connectivity index (χ2v) is 7.26. The number of ether oxygens (including phenoxy) is 1. The Morgan fingerprint density at radius 2 is 1.89 bits per heavy atom. The number of hydrogen-bond donors (Lipinski definition) is 3. The fourth-order valence-corrected chi connectivity index (χ4v) is 2.84. The molecule has 3 rings (SSSR count). The maximum Gasteiger partial charge on any atom is 0.253 e. The third-order valence-corrected chi connectivity index (χ3v) is 4.90. The summed E-state index contributed by atoms with van der Waals surface area (Å²) in [5.74, 6) is 0.444. The zero-order valence-corrected chi connectivity index (χ0v) is 16.0. The summed E-state index contributed by atoms with van der Waals surface area (Å²) in [4.78, 5) is 12.6. The molecule has 1 atom stereocenters. The number of nitrogens with one attached hydrogen (secondary N) is 2. The van der Waals surface area contributed by atoms with E-state index in [1.54, 1.807) is 6.07 Å². The van der Waals surface area contributed by atoms with Crippen LogP contribution >= 0.6 is 0 Å². The van der Waals surface area contributed by atoms with Gasteiger partial charge >= 0.3 is 0 Å². The van der Waals surface area contributed by atoms with Crippen LogP contribution in [0.25, 0.3) is 0 Å². The molecule has 0 radical (unpaired) electrons. The van der Waals surface area contributed by atoms with Crippen LogP contribution in [-0.2, 0) is 4.74 Å². The number of rotatable bonds is 9. The Balaban J connectivity index is 1.58. The summed E-state index contributed by atoms with van der Waals surface area (Å²) in [5, 5.41) is 16.1. The highest BCUT2D eigenvalue weighted by atomic mass is 16.5. The molecule has 1 fully saturated rings. The summed E-state index contributed by atoms with van der Waals surface area (Å²) in [6.07, 6.45) is 1.74. The van der Waals surface area contributed by atoms with Crippen LogP contribution in [0.4, 0.5) is 11.4 Å². The molecule has 1 amide bonds. The fraction of sp³-hybridized carbons (Fsp3) is 0.409. The van der Waals surface area contributed by atoms with Gasteiger partial charge in [-0.15, -0.1) is 0 Å².